The molecule has 0 aliphatic carbocycles. The number of hydrogen-bond acceptors (Lipinski definition) is 4. The quantitative estimate of drug-likeness (QED) is 0.501. The van der Waals surface area contributed by atoms with Gasteiger partial charge in [-0.1, -0.05) is 36.4 Å². The molecule has 2 amide bonds. The summed E-state index contributed by atoms with van der Waals surface area (Å²) in [6.45, 7) is 5.22. The minimum absolute atomic E-state index is 0.00579. The standard InChI is InChI=1S/C25H27N3O4S/c1-3-28(4-2)25(30)20-13-15-22(16-14-20)27-24(29)21-11-8-12-23(17-21)33(31,32)26-18-19-9-6-5-7-10-19/h5-17,26H,3-4,18H2,1-2H3,(H,27,29). The highest BCUT2D eigenvalue weighted by atomic mass is 32.2. The van der Waals surface area contributed by atoms with E-state index in [2.05, 4.69) is 10.0 Å². The fourth-order valence-corrected chi connectivity index (χ4v) is 4.32. The summed E-state index contributed by atoms with van der Waals surface area (Å²) in [6, 6.07) is 21.6. The number of sulfonamides is 1. The van der Waals surface area contributed by atoms with Gasteiger partial charge in [0.1, 0.15) is 0 Å². The van der Waals surface area contributed by atoms with E-state index in [0.29, 0.717) is 24.3 Å². The second kappa shape index (κ2) is 10.9. The van der Waals surface area contributed by atoms with Crippen LogP contribution in [-0.2, 0) is 16.6 Å². The average Bonchev–Trinajstić information content (AvgIpc) is 2.84. The fraction of sp³-hybridized carbons (Fsp3) is 0.200. The molecule has 0 heterocycles. The van der Waals surface area contributed by atoms with Gasteiger partial charge < -0.3 is 10.2 Å². The maximum Gasteiger partial charge on any atom is 0.255 e. The fourth-order valence-electron chi connectivity index (χ4n) is 3.25. The van der Waals surface area contributed by atoms with E-state index in [1.54, 1.807) is 35.2 Å². The van der Waals surface area contributed by atoms with E-state index in [1.807, 2.05) is 44.2 Å². The molecule has 33 heavy (non-hydrogen) atoms. The molecule has 0 saturated carbocycles. The number of nitrogens with zero attached hydrogens (tertiary/aromatic N) is 1. The molecule has 7 nitrogen and oxygen atoms in total. The Morgan fingerprint density at radius 2 is 1.48 bits per heavy atom. The van der Waals surface area contributed by atoms with Crippen molar-refractivity contribution >= 4 is 27.5 Å². The van der Waals surface area contributed by atoms with Crippen LogP contribution in [0.5, 0.6) is 0 Å². The van der Waals surface area contributed by atoms with Gasteiger partial charge >= 0.3 is 0 Å². The number of amides is 2. The van der Waals surface area contributed by atoms with Gasteiger partial charge in [-0.3, -0.25) is 9.59 Å². The molecular weight excluding hydrogens is 438 g/mol. The van der Waals surface area contributed by atoms with E-state index < -0.39 is 15.9 Å². The SMILES string of the molecule is CCN(CC)C(=O)c1ccc(NC(=O)c2cccc(S(=O)(=O)NCc3ccccc3)c2)cc1. The molecule has 0 aromatic heterocycles. The smallest absolute Gasteiger partial charge is 0.255 e. The molecule has 0 unspecified atom stereocenters. The summed E-state index contributed by atoms with van der Waals surface area (Å²) in [5.74, 6) is -0.517. The Hall–Kier alpha value is -3.49. The Kier molecular flexibility index (Phi) is 7.97. The van der Waals surface area contributed by atoms with Crippen molar-refractivity contribution in [3.8, 4) is 0 Å². The van der Waals surface area contributed by atoms with E-state index in [4.69, 9.17) is 0 Å². The summed E-state index contributed by atoms with van der Waals surface area (Å²) < 4.78 is 27.9. The zero-order valence-corrected chi connectivity index (χ0v) is 19.4. The van der Waals surface area contributed by atoms with Crippen LogP contribution in [0.1, 0.15) is 40.1 Å². The van der Waals surface area contributed by atoms with Gasteiger partial charge in [0.15, 0.2) is 0 Å². The molecule has 0 atom stereocenters. The number of carbonyl (C=O) groups excluding carboxylic acids is 2. The van der Waals surface area contributed by atoms with E-state index >= 15 is 0 Å². The summed E-state index contributed by atoms with van der Waals surface area (Å²) in [4.78, 5) is 26.8. The van der Waals surface area contributed by atoms with Crippen LogP contribution in [0, 0.1) is 0 Å². The van der Waals surface area contributed by atoms with Crippen molar-refractivity contribution in [1.29, 1.82) is 0 Å². The highest BCUT2D eigenvalue weighted by molar-refractivity contribution is 7.89. The predicted octanol–water partition coefficient (Wildman–Crippen LogP) is 3.90. The van der Waals surface area contributed by atoms with Crippen LogP contribution in [0.4, 0.5) is 5.69 Å². The topological polar surface area (TPSA) is 95.6 Å². The van der Waals surface area contributed by atoms with Crippen molar-refractivity contribution in [3.05, 3.63) is 95.6 Å². The molecule has 0 bridgehead atoms. The monoisotopic (exact) mass is 465 g/mol. The second-order valence-corrected chi connectivity index (χ2v) is 9.11. The molecule has 2 N–H and O–H groups in total. The maximum absolute atomic E-state index is 12.7. The lowest BCUT2D eigenvalue weighted by atomic mass is 10.1. The molecule has 0 fully saturated rings. The van der Waals surface area contributed by atoms with Gasteiger partial charge in [0.05, 0.1) is 4.90 Å². The van der Waals surface area contributed by atoms with Crippen LogP contribution in [-0.4, -0.2) is 38.2 Å². The van der Waals surface area contributed by atoms with Crippen LogP contribution in [0.25, 0.3) is 0 Å². The zero-order chi connectivity index (χ0) is 23.8. The van der Waals surface area contributed by atoms with E-state index in [9.17, 15) is 18.0 Å². The molecule has 0 saturated heterocycles. The Morgan fingerprint density at radius 1 is 0.818 bits per heavy atom. The van der Waals surface area contributed by atoms with Crippen LogP contribution in [0.15, 0.2) is 83.8 Å². The van der Waals surface area contributed by atoms with Gasteiger partial charge in [0, 0.05) is 36.4 Å². The lowest BCUT2D eigenvalue weighted by molar-refractivity contribution is 0.0773. The third-order valence-electron chi connectivity index (χ3n) is 5.16. The summed E-state index contributed by atoms with van der Waals surface area (Å²) in [5, 5.41) is 2.74. The van der Waals surface area contributed by atoms with E-state index in [1.165, 1.54) is 18.2 Å². The molecular formula is C25H27N3O4S. The maximum atomic E-state index is 12.7. The van der Waals surface area contributed by atoms with Crippen molar-refractivity contribution in [2.45, 2.75) is 25.3 Å². The molecule has 8 heteroatoms. The van der Waals surface area contributed by atoms with Crippen LogP contribution < -0.4 is 10.0 Å². The number of carbonyl (C=O) groups is 2. The normalized spacial score (nSPS) is 11.1. The lowest BCUT2D eigenvalue weighted by Crippen LogP contribution is -2.30. The molecule has 3 rings (SSSR count). The van der Waals surface area contributed by atoms with Crippen LogP contribution in [0.2, 0.25) is 0 Å². The lowest BCUT2D eigenvalue weighted by Gasteiger charge is -2.18. The minimum Gasteiger partial charge on any atom is -0.339 e. The average molecular weight is 466 g/mol. The molecule has 3 aromatic rings. The van der Waals surface area contributed by atoms with Gasteiger partial charge in [0.2, 0.25) is 10.0 Å². The molecule has 3 aromatic carbocycles. The summed E-state index contributed by atoms with van der Waals surface area (Å²) in [6.07, 6.45) is 0. The van der Waals surface area contributed by atoms with E-state index in [0.717, 1.165) is 5.56 Å². The minimum atomic E-state index is -3.79. The number of hydrogen-bond donors (Lipinski definition) is 2. The highest BCUT2D eigenvalue weighted by Gasteiger charge is 2.17. The third kappa shape index (κ3) is 6.27. The van der Waals surface area contributed by atoms with Gasteiger partial charge in [-0.2, -0.15) is 0 Å². The predicted molar refractivity (Wildman–Crippen MR) is 129 cm³/mol. The Balaban J connectivity index is 1.68. The summed E-state index contributed by atoms with van der Waals surface area (Å²) in [5.41, 5.74) is 2.08. The molecule has 0 aliphatic rings. The summed E-state index contributed by atoms with van der Waals surface area (Å²) >= 11 is 0. The first-order valence-electron chi connectivity index (χ1n) is 10.7. The first-order valence-corrected chi connectivity index (χ1v) is 12.2. The Labute approximate surface area is 194 Å². The zero-order valence-electron chi connectivity index (χ0n) is 18.6. The Morgan fingerprint density at radius 3 is 2.12 bits per heavy atom. The van der Waals surface area contributed by atoms with Crippen molar-refractivity contribution in [2.75, 3.05) is 18.4 Å². The Bertz CT molecular complexity index is 1210. The van der Waals surface area contributed by atoms with E-state index in [-0.39, 0.29) is 22.9 Å². The van der Waals surface area contributed by atoms with Crippen LogP contribution >= 0.6 is 0 Å². The number of rotatable bonds is 9. The molecule has 172 valence electrons. The number of anilines is 1. The molecule has 0 radical (unpaired) electrons. The van der Waals surface area contributed by atoms with Crippen molar-refractivity contribution in [3.63, 3.8) is 0 Å². The van der Waals surface area contributed by atoms with Crippen LogP contribution in [0.3, 0.4) is 0 Å². The van der Waals surface area contributed by atoms with Gasteiger partial charge in [-0.15, -0.1) is 0 Å². The first-order chi connectivity index (χ1) is 15.8. The third-order valence-corrected chi connectivity index (χ3v) is 6.55. The van der Waals surface area contributed by atoms with Crippen molar-refractivity contribution in [2.24, 2.45) is 0 Å². The number of nitrogens with one attached hydrogen (secondary N) is 2. The highest BCUT2D eigenvalue weighted by Crippen LogP contribution is 2.16. The van der Waals surface area contributed by atoms with Crippen molar-refractivity contribution in [1.82, 2.24) is 9.62 Å². The largest absolute Gasteiger partial charge is 0.339 e. The summed E-state index contributed by atoms with van der Waals surface area (Å²) in [7, 11) is -3.79. The van der Waals surface area contributed by atoms with Crippen molar-refractivity contribution < 1.29 is 18.0 Å². The van der Waals surface area contributed by atoms with Gasteiger partial charge in [-0.05, 0) is 61.9 Å². The van der Waals surface area contributed by atoms with Gasteiger partial charge in [0.25, 0.3) is 11.8 Å². The van der Waals surface area contributed by atoms with Gasteiger partial charge in [-0.25, -0.2) is 13.1 Å². The molecule has 0 aliphatic heterocycles. The first kappa shape index (κ1) is 24.2. The number of benzene rings is 3. The second-order valence-electron chi connectivity index (χ2n) is 7.35. The molecule has 0 spiro atoms.